The lowest BCUT2D eigenvalue weighted by Crippen LogP contribution is -2.61. The molecule has 1 amide bonds. The van der Waals surface area contributed by atoms with E-state index >= 15 is 0 Å². The van der Waals surface area contributed by atoms with Crippen molar-refractivity contribution in [2.75, 3.05) is 13.2 Å². The van der Waals surface area contributed by atoms with Gasteiger partial charge in [-0.15, -0.1) is 0 Å². The number of carbonyl (C=O) groups is 2. The predicted molar refractivity (Wildman–Crippen MR) is 291 cm³/mol. The van der Waals surface area contributed by atoms with Crippen molar-refractivity contribution in [2.24, 2.45) is 0 Å². The second kappa shape index (κ2) is 46.8. The number of allylic oxidation sites excluding steroid dienone is 21. The highest BCUT2D eigenvalue weighted by molar-refractivity contribution is 5.80. The molecule has 0 aliphatic carbocycles. The zero-order valence-corrected chi connectivity index (χ0v) is 43.8. The summed E-state index contributed by atoms with van der Waals surface area (Å²) in [5, 5.41) is 56.7. The summed E-state index contributed by atoms with van der Waals surface area (Å²) < 4.78 is 17.5. The molecule has 1 fully saturated rings. The molecule has 6 N–H and O–H groups in total. The molecule has 8 atom stereocenters. The summed E-state index contributed by atoms with van der Waals surface area (Å²) in [6.45, 7) is 5.40. The maximum absolute atomic E-state index is 13.3. The van der Waals surface area contributed by atoms with Crippen LogP contribution in [0.4, 0.5) is 0 Å². The number of esters is 1. The van der Waals surface area contributed by atoms with Gasteiger partial charge in [0.05, 0.1) is 25.4 Å². The first-order valence-corrected chi connectivity index (χ1v) is 27.1. The van der Waals surface area contributed by atoms with Crippen molar-refractivity contribution >= 4 is 11.9 Å². The number of hydrogen-bond acceptors (Lipinski definition) is 10. The highest BCUT2D eigenvalue weighted by Crippen LogP contribution is 2.26. The van der Waals surface area contributed by atoms with E-state index in [-0.39, 0.29) is 19.4 Å². The van der Waals surface area contributed by atoms with Gasteiger partial charge in [-0.2, -0.15) is 0 Å². The molecule has 1 rings (SSSR count). The summed E-state index contributed by atoms with van der Waals surface area (Å²) in [5.41, 5.74) is 0. The zero-order valence-electron chi connectivity index (χ0n) is 43.8. The van der Waals surface area contributed by atoms with Crippen molar-refractivity contribution in [1.82, 2.24) is 5.32 Å². The molecule has 0 aromatic carbocycles. The fourth-order valence-electron chi connectivity index (χ4n) is 7.51. The molecular weight excluding hydrogens is 895 g/mol. The van der Waals surface area contributed by atoms with Gasteiger partial charge in [0.1, 0.15) is 24.4 Å². The lowest BCUT2D eigenvalue weighted by molar-refractivity contribution is -0.305. The van der Waals surface area contributed by atoms with E-state index in [4.69, 9.17) is 14.2 Å². The van der Waals surface area contributed by atoms with Crippen molar-refractivity contribution in [3.05, 3.63) is 134 Å². The van der Waals surface area contributed by atoms with Crippen LogP contribution in [-0.4, -0.2) is 99.6 Å². The average Bonchev–Trinajstić information content (AvgIpc) is 3.37. The fourth-order valence-corrected chi connectivity index (χ4v) is 7.51. The highest BCUT2D eigenvalue weighted by atomic mass is 16.7. The monoisotopic (exact) mass is 990 g/mol. The van der Waals surface area contributed by atoms with Crippen LogP contribution in [-0.2, 0) is 23.8 Å². The molecule has 11 nitrogen and oxygen atoms in total. The fraction of sp³-hybridized carbons (Fsp3) is 0.600. The summed E-state index contributed by atoms with van der Waals surface area (Å²) in [5.74, 6) is -1.30. The molecule has 71 heavy (non-hydrogen) atoms. The third-order valence-corrected chi connectivity index (χ3v) is 11.8. The molecule has 1 aliphatic heterocycles. The number of rotatable bonds is 42. The number of hydrogen-bond donors (Lipinski definition) is 6. The number of ether oxygens (including phenoxy) is 3. The van der Waals surface area contributed by atoms with Crippen LogP contribution >= 0.6 is 0 Å². The molecule has 0 aromatic heterocycles. The molecule has 0 spiro atoms. The SMILES string of the molecule is CC/C=C/C=C/C=C\C=C/C=C/CCCCCC(=O)OC1C(OCC(NC(=O)C(O)CCCC/C=C/C=C\C=C/C=C/C=C/CC)C(O)/C=C/CCCCCCCCCCCCC)OC(CO)C(O)C1O. The van der Waals surface area contributed by atoms with Crippen LogP contribution in [0.1, 0.15) is 168 Å². The van der Waals surface area contributed by atoms with Gasteiger partial charge >= 0.3 is 5.97 Å². The standard InChI is InChI=1S/C60H95NO10/c1-4-7-10-13-16-19-22-25-27-30-33-36-39-42-45-48-55(65)71-58-57(67)56(66)54(49-62)70-60(58)69-50-51(52(63)46-43-40-37-34-31-28-24-21-18-15-12-9-6-3)61-59(68)53(64)47-44-41-38-35-32-29-26-23-20-17-14-11-8-5-2/h7-8,10-11,13-14,16-17,19-20,22-23,25-27,29-30,32-33,35,43,46,51-54,56-58,60,62-64,66-67H,4-6,9,12,15,18,21,24,28,31,34,36-42,44-45,47-50H2,1-3H3,(H,61,68)/b10-7+,11-8+,16-13+,17-14+,22-19-,23-20-,27-25-,29-26-,33-30+,35-32+,46-43+. The van der Waals surface area contributed by atoms with Crippen LogP contribution in [0.3, 0.4) is 0 Å². The Labute approximate surface area is 429 Å². The smallest absolute Gasteiger partial charge is 0.306 e. The topological polar surface area (TPSA) is 175 Å². The van der Waals surface area contributed by atoms with Crippen LogP contribution in [0.5, 0.6) is 0 Å². The van der Waals surface area contributed by atoms with E-state index < -0.39 is 67.4 Å². The minimum Gasteiger partial charge on any atom is -0.454 e. The Morgan fingerprint density at radius 3 is 1.52 bits per heavy atom. The normalized spacial score (nSPS) is 20.7. The third-order valence-electron chi connectivity index (χ3n) is 11.8. The van der Waals surface area contributed by atoms with E-state index in [0.717, 1.165) is 70.6 Å². The van der Waals surface area contributed by atoms with Crippen molar-refractivity contribution in [1.29, 1.82) is 0 Å². The third kappa shape index (κ3) is 35.5. The van der Waals surface area contributed by atoms with Gasteiger partial charge in [-0.05, 0) is 64.2 Å². The number of amides is 1. The first-order chi connectivity index (χ1) is 34.7. The first-order valence-electron chi connectivity index (χ1n) is 27.1. The summed E-state index contributed by atoms with van der Waals surface area (Å²) in [7, 11) is 0. The van der Waals surface area contributed by atoms with Crippen LogP contribution in [0.2, 0.25) is 0 Å². The first kappa shape index (κ1) is 64.8. The molecule has 1 aliphatic rings. The Kier molecular flexibility index (Phi) is 42.8. The molecule has 8 unspecified atom stereocenters. The maximum atomic E-state index is 13.3. The summed E-state index contributed by atoms with van der Waals surface area (Å²) in [6.07, 6.45) is 55.0. The number of aliphatic hydroxyl groups is 5. The van der Waals surface area contributed by atoms with Gasteiger partial charge in [0.25, 0.3) is 0 Å². The van der Waals surface area contributed by atoms with Crippen molar-refractivity contribution in [3.63, 3.8) is 0 Å². The second-order valence-corrected chi connectivity index (χ2v) is 18.1. The molecule has 0 radical (unpaired) electrons. The van der Waals surface area contributed by atoms with E-state index in [1.165, 1.54) is 51.4 Å². The summed E-state index contributed by atoms with van der Waals surface area (Å²) in [6, 6.07) is -1.06. The highest BCUT2D eigenvalue weighted by Gasteiger charge is 2.47. The molecule has 0 bridgehead atoms. The maximum Gasteiger partial charge on any atom is 0.306 e. The van der Waals surface area contributed by atoms with Crippen LogP contribution in [0, 0.1) is 0 Å². The van der Waals surface area contributed by atoms with Crippen LogP contribution < -0.4 is 5.32 Å². The minimum atomic E-state index is -1.65. The predicted octanol–water partition coefficient (Wildman–Crippen LogP) is 11.7. The van der Waals surface area contributed by atoms with Crippen molar-refractivity contribution in [2.45, 2.75) is 217 Å². The van der Waals surface area contributed by atoms with Crippen molar-refractivity contribution < 1.29 is 49.3 Å². The number of carbonyl (C=O) groups excluding carboxylic acids is 2. The Bertz CT molecular complexity index is 1650. The van der Waals surface area contributed by atoms with Crippen LogP contribution in [0.15, 0.2) is 134 Å². The van der Waals surface area contributed by atoms with Gasteiger partial charge in [0.2, 0.25) is 5.91 Å². The van der Waals surface area contributed by atoms with Crippen molar-refractivity contribution in [3.8, 4) is 0 Å². The van der Waals surface area contributed by atoms with Gasteiger partial charge in [-0.1, -0.05) is 231 Å². The summed E-state index contributed by atoms with van der Waals surface area (Å²) in [4.78, 5) is 26.4. The molecule has 1 heterocycles. The lowest BCUT2D eigenvalue weighted by Gasteiger charge is -2.41. The lowest BCUT2D eigenvalue weighted by atomic mass is 9.99. The second-order valence-electron chi connectivity index (χ2n) is 18.1. The Morgan fingerprint density at radius 2 is 1.01 bits per heavy atom. The quantitative estimate of drug-likeness (QED) is 0.0149. The molecule has 11 heteroatoms. The Morgan fingerprint density at radius 1 is 0.563 bits per heavy atom. The van der Waals surface area contributed by atoms with E-state index in [2.05, 4.69) is 44.3 Å². The molecule has 400 valence electrons. The number of aliphatic hydroxyl groups excluding tert-OH is 5. The minimum absolute atomic E-state index is 0.0601. The number of nitrogens with one attached hydrogen (secondary N) is 1. The average molecular weight is 990 g/mol. The van der Waals surface area contributed by atoms with E-state index in [1.54, 1.807) is 6.08 Å². The molecule has 0 aromatic rings. The van der Waals surface area contributed by atoms with E-state index in [1.807, 2.05) is 109 Å². The van der Waals surface area contributed by atoms with Gasteiger partial charge < -0.3 is 45.1 Å². The number of unbranched alkanes of at least 4 members (excludes halogenated alkanes) is 16. The molecular formula is C60H95NO10. The van der Waals surface area contributed by atoms with Gasteiger partial charge in [-0.3, -0.25) is 9.59 Å². The van der Waals surface area contributed by atoms with Gasteiger partial charge in [0.15, 0.2) is 12.4 Å². The largest absolute Gasteiger partial charge is 0.454 e. The van der Waals surface area contributed by atoms with E-state index in [9.17, 15) is 35.1 Å². The van der Waals surface area contributed by atoms with Crippen LogP contribution in [0.25, 0.3) is 0 Å². The van der Waals surface area contributed by atoms with Gasteiger partial charge in [-0.25, -0.2) is 0 Å². The van der Waals surface area contributed by atoms with Gasteiger partial charge in [0, 0.05) is 6.42 Å². The zero-order chi connectivity index (χ0) is 51.8. The Balaban J connectivity index is 2.85. The Hall–Kier alpha value is -4.20. The molecule has 1 saturated heterocycles. The summed E-state index contributed by atoms with van der Waals surface area (Å²) >= 11 is 0. The van der Waals surface area contributed by atoms with E-state index in [0.29, 0.717) is 12.8 Å². The molecule has 0 saturated carbocycles.